The number of hydrogen-bond donors (Lipinski definition) is 1. The summed E-state index contributed by atoms with van der Waals surface area (Å²) in [4.78, 5) is 14.5. The van der Waals surface area contributed by atoms with Gasteiger partial charge < -0.3 is 20.0 Å². The van der Waals surface area contributed by atoms with Gasteiger partial charge in [-0.2, -0.15) is 0 Å². The van der Waals surface area contributed by atoms with E-state index < -0.39 is 0 Å². The highest BCUT2D eigenvalue weighted by Crippen LogP contribution is 2.25. The van der Waals surface area contributed by atoms with Crippen LogP contribution < -0.4 is 10.2 Å². The van der Waals surface area contributed by atoms with Crippen LogP contribution in [0.1, 0.15) is 19.4 Å². The normalized spacial score (nSPS) is 20.1. The van der Waals surface area contributed by atoms with E-state index in [1.165, 1.54) is 24.3 Å². The molecule has 1 aromatic carbocycles. The van der Waals surface area contributed by atoms with Gasteiger partial charge in [-0.1, -0.05) is 24.6 Å². The van der Waals surface area contributed by atoms with Gasteiger partial charge in [0.2, 0.25) is 0 Å². The van der Waals surface area contributed by atoms with Crippen molar-refractivity contribution in [2.24, 2.45) is 4.99 Å². The SMILES string of the molecule is CCN1CCN(C(C)CNC(=NC)N2CCN(c3cc(Cl)ccc3C)CC2)CC1.I. The van der Waals surface area contributed by atoms with Crippen LogP contribution in [-0.2, 0) is 0 Å². The molecule has 2 heterocycles. The van der Waals surface area contributed by atoms with Crippen LogP contribution in [0.2, 0.25) is 5.02 Å². The fourth-order valence-corrected chi connectivity index (χ4v) is 4.47. The van der Waals surface area contributed by atoms with Gasteiger partial charge >= 0.3 is 0 Å². The summed E-state index contributed by atoms with van der Waals surface area (Å²) in [6.07, 6.45) is 0. The number of benzene rings is 1. The van der Waals surface area contributed by atoms with E-state index in [1.807, 2.05) is 13.1 Å². The largest absolute Gasteiger partial charge is 0.368 e. The molecule has 0 radical (unpaired) electrons. The van der Waals surface area contributed by atoms with E-state index in [0.29, 0.717) is 6.04 Å². The number of aryl methyl sites for hydroxylation is 1. The van der Waals surface area contributed by atoms with E-state index in [9.17, 15) is 0 Å². The van der Waals surface area contributed by atoms with E-state index in [1.54, 1.807) is 0 Å². The molecule has 2 saturated heterocycles. The quantitative estimate of drug-likeness (QED) is 0.348. The zero-order chi connectivity index (χ0) is 20.8. The van der Waals surface area contributed by atoms with Crippen LogP contribution in [0.3, 0.4) is 0 Å². The number of halogens is 2. The molecule has 3 rings (SSSR count). The first kappa shape index (κ1) is 25.5. The summed E-state index contributed by atoms with van der Waals surface area (Å²) in [7, 11) is 1.89. The number of piperazine rings is 2. The average molecular weight is 549 g/mol. The Hall–Kier alpha value is -0.770. The summed E-state index contributed by atoms with van der Waals surface area (Å²) >= 11 is 6.22. The first-order valence-electron chi connectivity index (χ1n) is 10.9. The molecular formula is C22H38ClIN6. The van der Waals surface area contributed by atoms with E-state index in [0.717, 1.165) is 63.3 Å². The minimum Gasteiger partial charge on any atom is -0.368 e. The smallest absolute Gasteiger partial charge is 0.193 e. The van der Waals surface area contributed by atoms with Crippen molar-refractivity contribution in [3.8, 4) is 0 Å². The second kappa shape index (κ2) is 12.3. The van der Waals surface area contributed by atoms with Crippen molar-refractivity contribution < 1.29 is 0 Å². The molecule has 0 aliphatic carbocycles. The first-order chi connectivity index (χ1) is 14.0. The fraction of sp³-hybridized carbons (Fsp3) is 0.682. The summed E-state index contributed by atoms with van der Waals surface area (Å²) < 4.78 is 0. The van der Waals surface area contributed by atoms with E-state index >= 15 is 0 Å². The lowest BCUT2D eigenvalue weighted by Gasteiger charge is -2.40. The van der Waals surface area contributed by atoms with E-state index in [-0.39, 0.29) is 24.0 Å². The lowest BCUT2D eigenvalue weighted by atomic mass is 10.1. The number of nitrogens with one attached hydrogen (secondary N) is 1. The van der Waals surface area contributed by atoms with Crippen LogP contribution in [-0.4, -0.2) is 99.2 Å². The third kappa shape index (κ3) is 6.61. The number of likely N-dealkylation sites (N-methyl/N-ethyl adjacent to an activating group) is 1. The molecular weight excluding hydrogens is 511 g/mol. The summed E-state index contributed by atoms with van der Waals surface area (Å²) in [5.74, 6) is 1.02. The van der Waals surface area contributed by atoms with Crippen molar-refractivity contribution >= 4 is 47.2 Å². The Kier molecular flexibility index (Phi) is 10.5. The van der Waals surface area contributed by atoms with E-state index in [4.69, 9.17) is 11.6 Å². The predicted molar refractivity (Wildman–Crippen MR) is 140 cm³/mol. The molecule has 0 spiro atoms. The fourth-order valence-electron chi connectivity index (χ4n) is 4.30. The molecule has 1 aromatic rings. The van der Waals surface area contributed by atoms with Crippen molar-refractivity contribution in [3.05, 3.63) is 28.8 Å². The first-order valence-corrected chi connectivity index (χ1v) is 11.3. The molecule has 0 bridgehead atoms. The van der Waals surface area contributed by atoms with Gasteiger partial charge in [0, 0.05) is 82.7 Å². The maximum atomic E-state index is 6.22. The molecule has 0 aromatic heterocycles. The van der Waals surface area contributed by atoms with Gasteiger partial charge in [0.25, 0.3) is 0 Å². The minimum absolute atomic E-state index is 0. The molecule has 30 heavy (non-hydrogen) atoms. The van der Waals surface area contributed by atoms with Gasteiger partial charge in [0.1, 0.15) is 0 Å². The molecule has 2 fully saturated rings. The van der Waals surface area contributed by atoms with Crippen molar-refractivity contribution in [2.45, 2.75) is 26.8 Å². The number of rotatable bonds is 5. The van der Waals surface area contributed by atoms with Crippen LogP contribution in [0.25, 0.3) is 0 Å². The standard InChI is InChI=1S/C22H37ClN6.HI/c1-5-26-8-10-27(11-9-26)19(3)17-25-22(24-4)29-14-12-28(13-15-29)21-16-20(23)7-6-18(21)2;/h6-7,16,19H,5,8-15,17H2,1-4H3,(H,24,25);1H. The second-order valence-corrected chi connectivity index (χ2v) is 8.59. The van der Waals surface area contributed by atoms with Crippen molar-refractivity contribution in [1.82, 2.24) is 20.0 Å². The van der Waals surface area contributed by atoms with E-state index in [2.05, 4.69) is 62.8 Å². The molecule has 170 valence electrons. The average Bonchev–Trinajstić information content (AvgIpc) is 2.76. The third-order valence-electron chi connectivity index (χ3n) is 6.34. The van der Waals surface area contributed by atoms with Crippen molar-refractivity contribution in [2.75, 3.05) is 77.4 Å². The Morgan fingerprint density at radius 2 is 1.77 bits per heavy atom. The van der Waals surface area contributed by atoms with Gasteiger partial charge in [-0.05, 0) is 38.1 Å². The topological polar surface area (TPSA) is 37.4 Å². The third-order valence-corrected chi connectivity index (χ3v) is 6.57. The number of aliphatic imine (C=N–C) groups is 1. The number of hydrogen-bond acceptors (Lipinski definition) is 4. The molecule has 2 aliphatic rings. The highest BCUT2D eigenvalue weighted by molar-refractivity contribution is 14.0. The van der Waals surface area contributed by atoms with Crippen LogP contribution in [0.15, 0.2) is 23.2 Å². The molecule has 1 unspecified atom stereocenters. The van der Waals surface area contributed by atoms with Gasteiger partial charge in [-0.15, -0.1) is 24.0 Å². The maximum Gasteiger partial charge on any atom is 0.193 e. The molecule has 2 aliphatic heterocycles. The van der Waals surface area contributed by atoms with Crippen molar-refractivity contribution in [3.63, 3.8) is 0 Å². The Balaban J connectivity index is 0.00000320. The van der Waals surface area contributed by atoms with Gasteiger partial charge in [-0.3, -0.25) is 9.89 Å². The summed E-state index contributed by atoms with van der Waals surface area (Å²) in [5, 5.41) is 4.42. The molecule has 0 amide bonds. The lowest BCUT2D eigenvalue weighted by molar-refractivity contribution is 0.107. The number of anilines is 1. The zero-order valence-corrected chi connectivity index (χ0v) is 22.0. The van der Waals surface area contributed by atoms with Crippen molar-refractivity contribution in [1.29, 1.82) is 0 Å². The van der Waals surface area contributed by atoms with Gasteiger partial charge in [0.15, 0.2) is 5.96 Å². The highest BCUT2D eigenvalue weighted by Gasteiger charge is 2.23. The lowest BCUT2D eigenvalue weighted by Crippen LogP contribution is -2.56. The molecule has 0 saturated carbocycles. The zero-order valence-electron chi connectivity index (χ0n) is 18.9. The summed E-state index contributed by atoms with van der Waals surface area (Å²) in [6.45, 7) is 17.4. The molecule has 8 heteroatoms. The Morgan fingerprint density at radius 3 is 2.37 bits per heavy atom. The maximum absolute atomic E-state index is 6.22. The number of guanidine groups is 1. The Bertz CT molecular complexity index is 684. The predicted octanol–water partition coefficient (Wildman–Crippen LogP) is 2.99. The van der Waals surface area contributed by atoms with Gasteiger partial charge in [0.05, 0.1) is 0 Å². The van der Waals surface area contributed by atoms with Crippen LogP contribution >= 0.6 is 35.6 Å². The second-order valence-electron chi connectivity index (χ2n) is 8.15. The molecule has 6 nitrogen and oxygen atoms in total. The Labute approximate surface area is 204 Å². The highest BCUT2D eigenvalue weighted by atomic mass is 127. The number of nitrogens with zero attached hydrogens (tertiary/aromatic N) is 5. The monoisotopic (exact) mass is 548 g/mol. The Morgan fingerprint density at radius 1 is 1.10 bits per heavy atom. The molecule has 1 atom stereocenters. The molecule has 1 N–H and O–H groups in total. The summed E-state index contributed by atoms with van der Waals surface area (Å²) in [5.41, 5.74) is 2.53. The van der Waals surface area contributed by atoms with Crippen LogP contribution in [0.5, 0.6) is 0 Å². The minimum atomic E-state index is 0. The van der Waals surface area contributed by atoms with Gasteiger partial charge in [-0.25, -0.2) is 0 Å². The van der Waals surface area contributed by atoms with Crippen LogP contribution in [0.4, 0.5) is 5.69 Å². The summed E-state index contributed by atoms with van der Waals surface area (Å²) in [6, 6.07) is 6.67. The van der Waals surface area contributed by atoms with Crippen LogP contribution in [0, 0.1) is 6.92 Å².